The van der Waals surface area contributed by atoms with Crippen LogP contribution in [0.5, 0.6) is 5.75 Å². The highest BCUT2D eigenvalue weighted by atomic mass is 32.2. The Morgan fingerprint density at radius 3 is 2.45 bits per heavy atom. The van der Waals surface area contributed by atoms with Gasteiger partial charge in [-0.25, -0.2) is 13.2 Å². The lowest BCUT2D eigenvalue weighted by Crippen LogP contribution is -2.45. The summed E-state index contributed by atoms with van der Waals surface area (Å²) in [6.07, 6.45) is 1.03. The normalized spacial score (nSPS) is 12.0. The predicted octanol–water partition coefficient (Wildman–Crippen LogP) is 2.67. The Bertz CT molecular complexity index is 990. The monoisotopic (exact) mass is 420 g/mol. The number of nitrogens with one attached hydrogen (secondary N) is 1. The van der Waals surface area contributed by atoms with Crippen LogP contribution in [0.1, 0.15) is 24.2 Å². The maximum atomic E-state index is 12.8. The molecule has 0 fully saturated rings. The minimum atomic E-state index is -3.77. The number of benzene rings is 2. The number of sulfonamides is 1. The third kappa shape index (κ3) is 5.71. The Hall–Kier alpha value is -3.07. The van der Waals surface area contributed by atoms with Crippen LogP contribution in [-0.2, 0) is 19.6 Å². The van der Waals surface area contributed by atoms with Crippen molar-refractivity contribution in [1.82, 2.24) is 0 Å². The number of rotatable bonds is 8. The van der Waals surface area contributed by atoms with Crippen molar-refractivity contribution in [3.05, 3.63) is 54.1 Å². The topological polar surface area (TPSA) is 102 Å². The van der Waals surface area contributed by atoms with Gasteiger partial charge in [0.2, 0.25) is 15.9 Å². The number of methoxy groups -OCH3 is 1. The van der Waals surface area contributed by atoms with Crippen molar-refractivity contribution in [3.63, 3.8) is 0 Å². The van der Waals surface area contributed by atoms with Gasteiger partial charge in [-0.1, -0.05) is 12.1 Å². The molecule has 0 spiro atoms. The average molecular weight is 420 g/mol. The third-order valence-corrected chi connectivity index (χ3v) is 5.28. The quantitative estimate of drug-likeness (QED) is 0.659. The lowest BCUT2D eigenvalue weighted by molar-refractivity contribution is -0.116. The van der Waals surface area contributed by atoms with Gasteiger partial charge in [0.25, 0.3) is 0 Å². The molecule has 1 N–H and O–H groups in total. The number of carbonyl (C=O) groups excluding carboxylic acids is 2. The summed E-state index contributed by atoms with van der Waals surface area (Å²) in [7, 11) is -2.30. The largest absolute Gasteiger partial charge is 0.497 e. The van der Waals surface area contributed by atoms with Crippen LogP contribution in [0.4, 0.5) is 11.4 Å². The first-order valence-electron chi connectivity index (χ1n) is 8.89. The highest BCUT2D eigenvalue weighted by molar-refractivity contribution is 7.92. The maximum Gasteiger partial charge on any atom is 0.338 e. The smallest absolute Gasteiger partial charge is 0.338 e. The van der Waals surface area contributed by atoms with Crippen molar-refractivity contribution in [2.24, 2.45) is 0 Å². The Kier molecular flexibility index (Phi) is 7.22. The average Bonchev–Trinajstić information content (AvgIpc) is 2.67. The number of esters is 1. The van der Waals surface area contributed by atoms with Gasteiger partial charge in [-0.2, -0.15) is 0 Å². The fourth-order valence-electron chi connectivity index (χ4n) is 2.74. The zero-order chi connectivity index (χ0) is 21.6. The van der Waals surface area contributed by atoms with Gasteiger partial charge in [-0.15, -0.1) is 0 Å². The second-order valence-corrected chi connectivity index (χ2v) is 8.09. The van der Waals surface area contributed by atoms with Gasteiger partial charge in [-0.05, 0) is 44.2 Å². The zero-order valence-electron chi connectivity index (χ0n) is 16.7. The summed E-state index contributed by atoms with van der Waals surface area (Å²) in [6.45, 7) is 3.41. The number of nitrogens with zero attached hydrogens (tertiary/aromatic N) is 1. The van der Waals surface area contributed by atoms with Gasteiger partial charge in [0.15, 0.2) is 0 Å². The Morgan fingerprint density at radius 1 is 1.14 bits per heavy atom. The third-order valence-electron chi connectivity index (χ3n) is 4.04. The van der Waals surface area contributed by atoms with E-state index in [1.165, 1.54) is 26.2 Å². The summed E-state index contributed by atoms with van der Waals surface area (Å²) >= 11 is 0. The minimum Gasteiger partial charge on any atom is -0.497 e. The molecule has 0 aromatic heterocycles. The molecule has 0 bridgehead atoms. The van der Waals surface area contributed by atoms with E-state index in [0.29, 0.717) is 17.1 Å². The molecule has 2 aromatic rings. The van der Waals surface area contributed by atoms with Crippen LogP contribution in [0.25, 0.3) is 0 Å². The van der Waals surface area contributed by atoms with E-state index in [9.17, 15) is 18.0 Å². The number of carbonyl (C=O) groups is 2. The molecule has 9 heteroatoms. The fourth-order valence-corrected chi connectivity index (χ4v) is 3.91. The van der Waals surface area contributed by atoms with Gasteiger partial charge >= 0.3 is 5.97 Å². The number of ether oxygens (including phenoxy) is 2. The van der Waals surface area contributed by atoms with Crippen LogP contribution < -0.4 is 14.4 Å². The lowest BCUT2D eigenvalue weighted by Gasteiger charge is -2.28. The summed E-state index contributed by atoms with van der Waals surface area (Å²) in [6, 6.07) is 11.6. The van der Waals surface area contributed by atoms with E-state index >= 15 is 0 Å². The molecule has 2 rings (SSSR count). The number of amides is 1. The van der Waals surface area contributed by atoms with Gasteiger partial charge in [0.1, 0.15) is 11.8 Å². The zero-order valence-corrected chi connectivity index (χ0v) is 17.5. The maximum absolute atomic E-state index is 12.8. The van der Waals surface area contributed by atoms with E-state index in [4.69, 9.17) is 9.47 Å². The van der Waals surface area contributed by atoms with Crippen molar-refractivity contribution in [1.29, 1.82) is 0 Å². The summed E-state index contributed by atoms with van der Waals surface area (Å²) < 4.78 is 35.9. The second-order valence-electron chi connectivity index (χ2n) is 6.23. The Labute approximate surface area is 170 Å². The van der Waals surface area contributed by atoms with Crippen LogP contribution in [0.3, 0.4) is 0 Å². The summed E-state index contributed by atoms with van der Waals surface area (Å²) in [5.41, 5.74) is 0.936. The standard InChI is InChI=1S/C20H24N2O6S/c1-5-28-20(24)15-8-6-9-16(12-15)21-19(23)14(2)22(29(4,25)26)17-10-7-11-18(13-17)27-3/h6-14H,5H2,1-4H3,(H,21,23). The van der Waals surface area contributed by atoms with Gasteiger partial charge in [-0.3, -0.25) is 9.10 Å². The molecule has 0 saturated heterocycles. The predicted molar refractivity (Wildman–Crippen MR) is 111 cm³/mol. The molecule has 0 radical (unpaired) electrons. The Morgan fingerprint density at radius 2 is 1.83 bits per heavy atom. The minimum absolute atomic E-state index is 0.232. The molecule has 0 saturated carbocycles. The molecular weight excluding hydrogens is 396 g/mol. The van der Waals surface area contributed by atoms with E-state index in [0.717, 1.165) is 10.6 Å². The summed E-state index contributed by atoms with van der Waals surface area (Å²) in [5.74, 6) is -0.601. The van der Waals surface area contributed by atoms with Gasteiger partial charge in [0, 0.05) is 11.8 Å². The molecule has 156 valence electrons. The molecule has 8 nitrogen and oxygen atoms in total. The van der Waals surface area contributed by atoms with E-state index in [1.54, 1.807) is 43.3 Å². The Balaban J connectivity index is 2.28. The molecule has 0 aliphatic rings. The molecule has 0 aliphatic carbocycles. The number of hydrogen-bond donors (Lipinski definition) is 1. The van der Waals surface area contributed by atoms with Gasteiger partial charge < -0.3 is 14.8 Å². The van der Waals surface area contributed by atoms with Crippen molar-refractivity contribution in [3.8, 4) is 5.75 Å². The van der Waals surface area contributed by atoms with Crippen molar-refractivity contribution in [2.45, 2.75) is 19.9 Å². The molecule has 1 amide bonds. The first-order chi connectivity index (χ1) is 13.7. The summed E-state index contributed by atoms with van der Waals surface area (Å²) in [4.78, 5) is 24.6. The van der Waals surface area contributed by atoms with Gasteiger partial charge in [0.05, 0.1) is 31.2 Å². The molecule has 2 aromatic carbocycles. The second kappa shape index (κ2) is 9.42. The molecule has 1 atom stereocenters. The molecule has 29 heavy (non-hydrogen) atoms. The first-order valence-corrected chi connectivity index (χ1v) is 10.7. The number of hydrogen-bond acceptors (Lipinski definition) is 6. The van der Waals surface area contributed by atoms with E-state index in [-0.39, 0.29) is 12.2 Å². The van der Waals surface area contributed by atoms with Crippen molar-refractivity contribution >= 4 is 33.3 Å². The highest BCUT2D eigenvalue weighted by Gasteiger charge is 2.29. The van der Waals surface area contributed by atoms with Crippen LogP contribution in [0, 0.1) is 0 Å². The molecular formula is C20H24N2O6S. The number of anilines is 2. The first kappa shape index (κ1) is 22.2. The molecule has 0 heterocycles. The fraction of sp³-hybridized carbons (Fsp3) is 0.300. The van der Waals surface area contributed by atoms with E-state index in [1.807, 2.05) is 0 Å². The van der Waals surface area contributed by atoms with Crippen LogP contribution in [0.15, 0.2) is 48.5 Å². The van der Waals surface area contributed by atoms with E-state index in [2.05, 4.69) is 5.32 Å². The van der Waals surface area contributed by atoms with Crippen LogP contribution >= 0.6 is 0 Å². The summed E-state index contributed by atoms with van der Waals surface area (Å²) in [5, 5.41) is 2.65. The molecule has 1 unspecified atom stereocenters. The van der Waals surface area contributed by atoms with Crippen LogP contribution in [0.2, 0.25) is 0 Å². The SMILES string of the molecule is CCOC(=O)c1cccc(NC(=O)C(C)N(c2cccc(OC)c2)S(C)(=O)=O)c1. The van der Waals surface area contributed by atoms with Crippen molar-refractivity contribution < 1.29 is 27.5 Å². The van der Waals surface area contributed by atoms with Crippen LogP contribution in [-0.4, -0.2) is 46.3 Å². The van der Waals surface area contributed by atoms with E-state index < -0.39 is 27.9 Å². The highest BCUT2D eigenvalue weighted by Crippen LogP contribution is 2.25. The molecule has 0 aliphatic heterocycles. The van der Waals surface area contributed by atoms with Crippen molar-refractivity contribution in [2.75, 3.05) is 29.6 Å². The lowest BCUT2D eigenvalue weighted by atomic mass is 10.2.